The minimum atomic E-state index is -0.412. The predicted octanol–water partition coefficient (Wildman–Crippen LogP) is 3.44. The molecule has 1 aromatic carbocycles. The van der Waals surface area contributed by atoms with E-state index in [1.54, 1.807) is 0 Å². The third kappa shape index (κ3) is 3.88. The first-order chi connectivity index (χ1) is 10.8. The van der Waals surface area contributed by atoms with Gasteiger partial charge in [0, 0.05) is 29.4 Å². The van der Waals surface area contributed by atoms with Crippen molar-refractivity contribution in [3.8, 4) is 0 Å². The number of epoxide rings is 1. The van der Waals surface area contributed by atoms with Crippen molar-refractivity contribution in [2.24, 2.45) is 5.41 Å². The lowest BCUT2D eigenvalue weighted by Crippen LogP contribution is -2.39. The zero-order valence-corrected chi connectivity index (χ0v) is 14.6. The zero-order valence-electron chi connectivity index (χ0n) is 13.8. The molecule has 3 rings (SSSR count). The van der Waals surface area contributed by atoms with Gasteiger partial charge in [-0.05, 0) is 17.7 Å². The van der Waals surface area contributed by atoms with E-state index in [0.717, 1.165) is 18.7 Å². The number of hydrogen-bond acceptors (Lipinski definition) is 4. The zero-order chi connectivity index (χ0) is 16.6. The molecule has 0 aliphatic carbocycles. The quantitative estimate of drug-likeness (QED) is 0.773. The van der Waals surface area contributed by atoms with Crippen LogP contribution in [0.2, 0.25) is 5.02 Å². The molecule has 1 saturated heterocycles. The Morgan fingerprint density at radius 1 is 1.30 bits per heavy atom. The molecular formula is C18H23ClN2O2. The van der Waals surface area contributed by atoms with E-state index in [0.29, 0.717) is 17.8 Å². The number of halogens is 1. The maximum Gasteiger partial charge on any atom is 0.165 e. The maximum absolute atomic E-state index is 13.0. The number of carbonyl (C=O) groups excluding carboxylic acids is 1. The van der Waals surface area contributed by atoms with E-state index < -0.39 is 5.41 Å². The fourth-order valence-corrected chi connectivity index (χ4v) is 2.88. The Hall–Kier alpha value is -1.52. The van der Waals surface area contributed by atoms with Crippen LogP contribution in [0.1, 0.15) is 32.4 Å². The van der Waals surface area contributed by atoms with Crippen molar-refractivity contribution in [2.45, 2.75) is 32.9 Å². The first kappa shape index (κ1) is 16.3. The fourth-order valence-electron chi connectivity index (χ4n) is 2.75. The van der Waals surface area contributed by atoms with E-state index in [4.69, 9.17) is 16.3 Å². The largest absolute Gasteiger partial charge is 0.371 e. The van der Waals surface area contributed by atoms with Gasteiger partial charge in [0.15, 0.2) is 5.78 Å². The highest BCUT2D eigenvalue weighted by Crippen LogP contribution is 2.33. The monoisotopic (exact) mass is 334 g/mol. The first-order valence-corrected chi connectivity index (χ1v) is 8.32. The van der Waals surface area contributed by atoms with E-state index in [2.05, 4.69) is 9.80 Å². The number of nitrogens with zero attached hydrogens (tertiary/aromatic N) is 2. The van der Waals surface area contributed by atoms with Gasteiger partial charge in [0.2, 0.25) is 0 Å². The van der Waals surface area contributed by atoms with Crippen LogP contribution < -0.4 is 0 Å². The molecule has 0 spiro atoms. The molecule has 4 nitrogen and oxygen atoms in total. The van der Waals surface area contributed by atoms with Crippen LogP contribution in [0.25, 0.3) is 0 Å². The van der Waals surface area contributed by atoms with E-state index in [-0.39, 0.29) is 11.8 Å². The molecule has 0 radical (unpaired) electrons. The van der Waals surface area contributed by atoms with Crippen LogP contribution in [0.3, 0.4) is 0 Å². The summed E-state index contributed by atoms with van der Waals surface area (Å²) in [5.41, 5.74) is 0.564. The van der Waals surface area contributed by atoms with E-state index in [1.165, 1.54) is 0 Å². The van der Waals surface area contributed by atoms with Crippen LogP contribution in [0.5, 0.6) is 0 Å². The van der Waals surface area contributed by atoms with Crippen LogP contribution >= 0.6 is 11.6 Å². The Labute approximate surface area is 142 Å². The molecule has 1 fully saturated rings. The number of benzene rings is 1. The third-order valence-electron chi connectivity index (χ3n) is 4.16. The van der Waals surface area contributed by atoms with Crippen LogP contribution in [0, 0.1) is 5.41 Å². The Kier molecular flexibility index (Phi) is 4.39. The van der Waals surface area contributed by atoms with Gasteiger partial charge in [-0.25, -0.2) is 0 Å². The molecule has 0 amide bonds. The summed E-state index contributed by atoms with van der Waals surface area (Å²) < 4.78 is 5.29. The van der Waals surface area contributed by atoms with Gasteiger partial charge >= 0.3 is 0 Å². The smallest absolute Gasteiger partial charge is 0.165 e. The molecule has 1 aromatic rings. The summed E-state index contributed by atoms with van der Waals surface area (Å²) in [4.78, 5) is 17.3. The van der Waals surface area contributed by atoms with Gasteiger partial charge in [0.1, 0.15) is 6.04 Å². The Morgan fingerprint density at radius 2 is 1.96 bits per heavy atom. The second-order valence-corrected chi connectivity index (χ2v) is 7.69. The van der Waals surface area contributed by atoms with Crippen molar-refractivity contribution < 1.29 is 9.53 Å². The van der Waals surface area contributed by atoms with Crippen molar-refractivity contribution in [3.05, 3.63) is 47.3 Å². The van der Waals surface area contributed by atoms with E-state index in [9.17, 15) is 4.79 Å². The molecule has 5 heteroatoms. The van der Waals surface area contributed by atoms with Gasteiger partial charge in [-0.1, -0.05) is 44.5 Å². The Bertz CT molecular complexity index is 602. The van der Waals surface area contributed by atoms with Crippen LogP contribution in [0.15, 0.2) is 36.7 Å². The number of hydrogen-bond donors (Lipinski definition) is 0. The molecule has 0 bridgehead atoms. The van der Waals surface area contributed by atoms with Crippen molar-refractivity contribution in [2.75, 3.05) is 19.8 Å². The number of Topliss-reactive ketones (excluding diaryl/α,β-unsaturated/α-hetero) is 1. The lowest BCUT2D eigenvalue weighted by atomic mass is 9.83. The number of ether oxygens (including phenoxy) is 1. The lowest BCUT2D eigenvalue weighted by Gasteiger charge is -2.33. The first-order valence-electron chi connectivity index (χ1n) is 7.94. The summed E-state index contributed by atoms with van der Waals surface area (Å²) in [5.74, 6) is 0.203. The minimum Gasteiger partial charge on any atom is -0.371 e. The number of rotatable bonds is 5. The molecule has 2 unspecified atom stereocenters. The van der Waals surface area contributed by atoms with Crippen molar-refractivity contribution in [3.63, 3.8) is 0 Å². The molecule has 2 heterocycles. The molecule has 0 aromatic heterocycles. The van der Waals surface area contributed by atoms with Crippen LogP contribution in [-0.2, 0) is 9.53 Å². The van der Waals surface area contributed by atoms with Gasteiger partial charge in [-0.3, -0.25) is 4.79 Å². The third-order valence-corrected chi connectivity index (χ3v) is 4.41. The molecule has 124 valence electrons. The Morgan fingerprint density at radius 3 is 2.52 bits per heavy atom. The van der Waals surface area contributed by atoms with Gasteiger partial charge in [-0.2, -0.15) is 0 Å². The SMILES string of the molecule is CC(C)(C)C(=O)C(c1ccc(Cl)cc1)N1C=CN(CC2CO2)C1. The highest BCUT2D eigenvalue weighted by molar-refractivity contribution is 6.30. The average Bonchev–Trinajstić information content (AvgIpc) is 3.18. The van der Waals surface area contributed by atoms with Gasteiger partial charge in [-0.15, -0.1) is 0 Å². The van der Waals surface area contributed by atoms with Crippen molar-refractivity contribution >= 4 is 17.4 Å². The highest BCUT2D eigenvalue weighted by Gasteiger charge is 2.36. The highest BCUT2D eigenvalue weighted by atomic mass is 35.5. The number of ketones is 1. The summed E-state index contributed by atoms with van der Waals surface area (Å²) in [6.07, 6.45) is 4.39. The molecule has 2 aliphatic rings. The lowest BCUT2D eigenvalue weighted by molar-refractivity contribution is -0.131. The summed E-state index contributed by atoms with van der Waals surface area (Å²) in [6.45, 7) is 8.32. The second-order valence-electron chi connectivity index (χ2n) is 7.25. The van der Waals surface area contributed by atoms with Crippen LogP contribution in [-0.4, -0.2) is 41.5 Å². The minimum absolute atomic E-state index is 0.203. The summed E-state index contributed by atoms with van der Waals surface area (Å²) in [7, 11) is 0. The average molecular weight is 335 g/mol. The normalized spacial score (nSPS) is 21.7. The second kappa shape index (κ2) is 6.17. The fraction of sp³-hybridized carbons (Fsp3) is 0.500. The predicted molar refractivity (Wildman–Crippen MR) is 90.9 cm³/mol. The Balaban J connectivity index is 1.82. The molecule has 0 saturated carbocycles. The summed E-state index contributed by atoms with van der Waals surface area (Å²) in [6, 6.07) is 7.27. The standard InChI is InChI=1S/C18H23ClN2O2/c1-18(2,3)17(22)16(13-4-6-14(19)7-5-13)21-9-8-20(12-21)10-15-11-23-15/h4-9,15-16H,10-12H2,1-3H3. The van der Waals surface area contributed by atoms with Gasteiger partial charge in [0.25, 0.3) is 0 Å². The summed E-state index contributed by atoms with van der Waals surface area (Å²) in [5, 5.41) is 0.681. The molecular weight excluding hydrogens is 312 g/mol. The van der Waals surface area contributed by atoms with Crippen molar-refractivity contribution in [1.82, 2.24) is 9.80 Å². The molecule has 2 aliphatic heterocycles. The van der Waals surface area contributed by atoms with E-state index >= 15 is 0 Å². The van der Waals surface area contributed by atoms with Crippen LogP contribution in [0.4, 0.5) is 0 Å². The summed E-state index contributed by atoms with van der Waals surface area (Å²) >= 11 is 6.00. The molecule has 23 heavy (non-hydrogen) atoms. The van der Waals surface area contributed by atoms with Crippen molar-refractivity contribution in [1.29, 1.82) is 0 Å². The van der Waals surface area contributed by atoms with E-state index in [1.807, 2.05) is 57.4 Å². The number of carbonyl (C=O) groups is 1. The van der Waals surface area contributed by atoms with Gasteiger partial charge in [0.05, 0.1) is 19.4 Å². The molecule has 2 atom stereocenters. The topological polar surface area (TPSA) is 36.1 Å². The molecule has 0 N–H and O–H groups in total. The maximum atomic E-state index is 13.0. The van der Waals surface area contributed by atoms with Gasteiger partial charge < -0.3 is 14.5 Å².